The van der Waals surface area contributed by atoms with E-state index >= 15 is 0 Å². The molecule has 1 heterocycles. The van der Waals surface area contributed by atoms with Crippen molar-refractivity contribution in [2.24, 2.45) is 11.7 Å². The first-order valence-corrected chi connectivity index (χ1v) is 7.10. The van der Waals surface area contributed by atoms with Crippen molar-refractivity contribution in [2.75, 3.05) is 26.7 Å². The highest BCUT2D eigenvalue weighted by Crippen LogP contribution is 2.46. The maximum Gasteiger partial charge on any atom is 0.0777 e. The molecular formula is C14H28N2O. The summed E-state index contributed by atoms with van der Waals surface area (Å²) in [6, 6.07) is 0. The van der Waals surface area contributed by atoms with Crippen molar-refractivity contribution < 1.29 is 4.74 Å². The van der Waals surface area contributed by atoms with E-state index in [0.717, 1.165) is 19.0 Å². The summed E-state index contributed by atoms with van der Waals surface area (Å²) >= 11 is 0. The Hall–Kier alpha value is -0.120. The van der Waals surface area contributed by atoms with Crippen LogP contribution in [-0.4, -0.2) is 42.8 Å². The zero-order chi connectivity index (χ0) is 12.5. The fraction of sp³-hybridized carbons (Fsp3) is 1.00. The quantitative estimate of drug-likeness (QED) is 0.799. The average molecular weight is 240 g/mol. The Labute approximate surface area is 106 Å². The topological polar surface area (TPSA) is 38.5 Å². The van der Waals surface area contributed by atoms with Gasteiger partial charge in [0.05, 0.1) is 5.60 Å². The maximum absolute atomic E-state index is 6.14. The Morgan fingerprint density at radius 3 is 2.65 bits per heavy atom. The zero-order valence-corrected chi connectivity index (χ0v) is 11.7. The van der Waals surface area contributed by atoms with Gasteiger partial charge in [-0.25, -0.2) is 0 Å². The van der Waals surface area contributed by atoms with Crippen LogP contribution in [0.2, 0.25) is 0 Å². The number of likely N-dealkylation sites (tertiary alicyclic amines) is 1. The Kier molecular flexibility index (Phi) is 3.81. The summed E-state index contributed by atoms with van der Waals surface area (Å²) in [5.74, 6) is 0.830. The molecule has 0 amide bonds. The van der Waals surface area contributed by atoms with E-state index in [1.165, 1.54) is 38.6 Å². The van der Waals surface area contributed by atoms with Crippen LogP contribution < -0.4 is 5.73 Å². The lowest BCUT2D eigenvalue weighted by atomic mass is 9.83. The standard InChI is InChI=1S/C14H28N2O/c1-4-14(10-15,12-6-7-12)16-9-5-8-13(2,11-16)17-3/h12H,4-11,15H2,1-3H3. The van der Waals surface area contributed by atoms with Crippen LogP contribution in [0.5, 0.6) is 0 Å². The first-order valence-electron chi connectivity index (χ1n) is 7.10. The molecule has 2 atom stereocenters. The van der Waals surface area contributed by atoms with Gasteiger partial charge in [0.1, 0.15) is 0 Å². The van der Waals surface area contributed by atoms with Gasteiger partial charge in [0, 0.05) is 25.7 Å². The second kappa shape index (κ2) is 4.87. The van der Waals surface area contributed by atoms with Gasteiger partial charge in [0.2, 0.25) is 0 Å². The largest absolute Gasteiger partial charge is 0.377 e. The molecule has 0 spiro atoms. The zero-order valence-electron chi connectivity index (χ0n) is 11.7. The summed E-state index contributed by atoms with van der Waals surface area (Å²) in [4.78, 5) is 2.64. The molecule has 1 aliphatic heterocycles. The van der Waals surface area contributed by atoms with Crippen LogP contribution in [0.4, 0.5) is 0 Å². The molecule has 2 fully saturated rings. The third-order valence-electron chi connectivity index (χ3n) is 5.08. The second-order valence-electron chi connectivity index (χ2n) is 6.11. The van der Waals surface area contributed by atoms with Gasteiger partial charge in [0.15, 0.2) is 0 Å². The molecule has 0 aromatic carbocycles. The minimum absolute atomic E-state index is 0.0305. The van der Waals surface area contributed by atoms with Gasteiger partial charge in [0.25, 0.3) is 0 Å². The lowest BCUT2D eigenvalue weighted by molar-refractivity contribution is -0.0856. The molecule has 0 aromatic rings. The van der Waals surface area contributed by atoms with E-state index < -0.39 is 0 Å². The summed E-state index contributed by atoms with van der Waals surface area (Å²) in [5, 5.41) is 0. The number of hydrogen-bond acceptors (Lipinski definition) is 3. The van der Waals surface area contributed by atoms with Gasteiger partial charge in [-0.05, 0) is 51.5 Å². The Bertz CT molecular complexity index is 261. The number of ether oxygens (including phenoxy) is 1. The molecule has 100 valence electrons. The van der Waals surface area contributed by atoms with Crippen molar-refractivity contribution in [2.45, 2.75) is 57.1 Å². The number of nitrogens with zero attached hydrogens (tertiary/aromatic N) is 1. The van der Waals surface area contributed by atoms with Crippen molar-refractivity contribution in [3.05, 3.63) is 0 Å². The van der Waals surface area contributed by atoms with Crippen LogP contribution in [0.3, 0.4) is 0 Å². The molecule has 2 rings (SSSR count). The van der Waals surface area contributed by atoms with Crippen LogP contribution in [0, 0.1) is 5.92 Å². The number of hydrogen-bond donors (Lipinski definition) is 1. The lowest BCUT2D eigenvalue weighted by Gasteiger charge is -2.50. The third kappa shape index (κ3) is 2.38. The summed E-state index contributed by atoms with van der Waals surface area (Å²) in [6.07, 6.45) is 6.32. The monoisotopic (exact) mass is 240 g/mol. The molecule has 1 saturated heterocycles. The van der Waals surface area contributed by atoms with Gasteiger partial charge in [-0.2, -0.15) is 0 Å². The van der Waals surface area contributed by atoms with Crippen molar-refractivity contribution in [1.29, 1.82) is 0 Å². The minimum Gasteiger partial charge on any atom is -0.377 e. The molecule has 1 aliphatic carbocycles. The van der Waals surface area contributed by atoms with Gasteiger partial charge in [-0.3, -0.25) is 4.90 Å². The summed E-state index contributed by atoms with van der Waals surface area (Å²) < 4.78 is 5.71. The average Bonchev–Trinajstić information content (AvgIpc) is 3.17. The van der Waals surface area contributed by atoms with Crippen molar-refractivity contribution in [3.63, 3.8) is 0 Å². The SMILES string of the molecule is CCC(CN)(C1CC1)N1CCCC(C)(OC)C1. The van der Waals surface area contributed by atoms with Gasteiger partial charge >= 0.3 is 0 Å². The lowest BCUT2D eigenvalue weighted by Crippen LogP contribution is -2.61. The minimum atomic E-state index is 0.0305. The van der Waals surface area contributed by atoms with E-state index in [4.69, 9.17) is 10.5 Å². The predicted octanol–water partition coefficient (Wildman–Crippen LogP) is 2.00. The first kappa shape index (κ1) is 13.3. The van der Waals surface area contributed by atoms with E-state index in [1.807, 2.05) is 7.11 Å². The van der Waals surface area contributed by atoms with E-state index in [1.54, 1.807) is 0 Å². The fourth-order valence-electron chi connectivity index (χ4n) is 3.58. The highest BCUT2D eigenvalue weighted by Gasteiger charge is 2.49. The predicted molar refractivity (Wildman–Crippen MR) is 71.0 cm³/mol. The fourth-order valence-corrected chi connectivity index (χ4v) is 3.58. The van der Waals surface area contributed by atoms with E-state index in [9.17, 15) is 0 Å². The third-order valence-corrected chi connectivity index (χ3v) is 5.08. The Morgan fingerprint density at radius 1 is 1.47 bits per heavy atom. The van der Waals surface area contributed by atoms with Crippen LogP contribution in [0.25, 0.3) is 0 Å². The molecule has 2 aliphatic rings. The number of rotatable bonds is 5. The summed E-state index contributed by atoms with van der Waals surface area (Å²) in [5.41, 5.74) is 6.42. The molecular weight excluding hydrogens is 212 g/mol. The van der Waals surface area contributed by atoms with Crippen molar-refractivity contribution >= 4 is 0 Å². The van der Waals surface area contributed by atoms with Gasteiger partial charge < -0.3 is 10.5 Å². The molecule has 2 N–H and O–H groups in total. The Balaban J connectivity index is 2.13. The number of nitrogens with two attached hydrogens (primary N) is 1. The smallest absolute Gasteiger partial charge is 0.0777 e. The van der Waals surface area contributed by atoms with Crippen LogP contribution in [0.15, 0.2) is 0 Å². The van der Waals surface area contributed by atoms with E-state index in [2.05, 4.69) is 18.7 Å². The molecule has 0 aromatic heterocycles. The van der Waals surface area contributed by atoms with Crippen LogP contribution >= 0.6 is 0 Å². The normalized spacial score (nSPS) is 34.6. The molecule has 3 nitrogen and oxygen atoms in total. The maximum atomic E-state index is 6.14. The van der Waals surface area contributed by atoms with Gasteiger partial charge in [-0.1, -0.05) is 6.92 Å². The molecule has 0 radical (unpaired) electrons. The highest BCUT2D eigenvalue weighted by atomic mass is 16.5. The molecule has 0 bridgehead atoms. The Morgan fingerprint density at radius 2 is 2.18 bits per heavy atom. The molecule has 2 unspecified atom stereocenters. The second-order valence-corrected chi connectivity index (χ2v) is 6.11. The highest BCUT2D eigenvalue weighted by molar-refractivity contribution is 5.05. The van der Waals surface area contributed by atoms with Crippen LogP contribution in [-0.2, 0) is 4.74 Å². The van der Waals surface area contributed by atoms with Crippen LogP contribution in [0.1, 0.15) is 46.0 Å². The molecule has 1 saturated carbocycles. The van der Waals surface area contributed by atoms with Crippen molar-refractivity contribution in [3.8, 4) is 0 Å². The molecule has 17 heavy (non-hydrogen) atoms. The number of methoxy groups -OCH3 is 1. The summed E-state index contributed by atoms with van der Waals surface area (Å²) in [6.45, 7) is 7.58. The van der Waals surface area contributed by atoms with Gasteiger partial charge in [-0.15, -0.1) is 0 Å². The first-order chi connectivity index (χ1) is 8.10. The van der Waals surface area contributed by atoms with E-state index in [-0.39, 0.29) is 11.1 Å². The van der Waals surface area contributed by atoms with E-state index in [0.29, 0.717) is 0 Å². The summed E-state index contributed by atoms with van der Waals surface area (Å²) in [7, 11) is 1.84. The van der Waals surface area contributed by atoms with Crippen molar-refractivity contribution in [1.82, 2.24) is 4.90 Å². The number of piperidine rings is 1. The molecule has 3 heteroatoms.